The van der Waals surface area contributed by atoms with E-state index in [2.05, 4.69) is 26.1 Å². The molecule has 1 heterocycles. The van der Waals surface area contributed by atoms with Gasteiger partial charge in [-0.25, -0.2) is 4.98 Å². The molecule has 0 aliphatic carbocycles. The summed E-state index contributed by atoms with van der Waals surface area (Å²) < 4.78 is 8.33. The lowest BCUT2D eigenvalue weighted by Crippen LogP contribution is -2.21. The van der Waals surface area contributed by atoms with Crippen molar-refractivity contribution in [2.24, 2.45) is 10.9 Å². The minimum absolute atomic E-state index is 0.0209. The number of nitrogens with two attached hydrogens (primary N) is 1. The third-order valence-electron chi connectivity index (χ3n) is 2.45. The summed E-state index contributed by atoms with van der Waals surface area (Å²) in [6, 6.07) is 7.60. The van der Waals surface area contributed by atoms with E-state index in [0.717, 1.165) is 10.2 Å². The molecule has 0 saturated carbocycles. The minimum Gasteiger partial charge on any atom is -0.492 e. The van der Waals surface area contributed by atoms with Crippen LogP contribution in [0, 0.1) is 0 Å². The highest BCUT2D eigenvalue weighted by molar-refractivity contribution is 9.10. The highest BCUT2D eigenvalue weighted by atomic mass is 79.9. The van der Waals surface area contributed by atoms with Gasteiger partial charge in [-0.2, -0.15) is 0 Å². The molecule has 0 unspecified atom stereocenters. The highest BCUT2D eigenvalue weighted by Crippen LogP contribution is 2.17. The van der Waals surface area contributed by atoms with Crippen LogP contribution in [-0.2, 0) is 6.54 Å². The average Bonchev–Trinajstić information content (AvgIpc) is 2.86. The van der Waals surface area contributed by atoms with E-state index in [4.69, 9.17) is 15.7 Å². The first-order valence-corrected chi connectivity index (χ1v) is 6.37. The Bertz CT molecular complexity index is 583. The second-order valence-corrected chi connectivity index (χ2v) is 4.65. The third-order valence-corrected chi connectivity index (χ3v) is 2.94. The lowest BCUT2D eigenvalue weighted by molar-refractivity contribution is 0.296. The van der Waals surface area contributed by atoms with Crippen molar-refractivity contribution in [3.05, 3.63) is 47.0 Å². The van der Waals surface area contributed by atoms with E-state index in [1.807, 2.05) is 24.3 Å². The first-order valence-electron chi connectivity index (χ1n) is 5.58. The molecule has 1 aromatic heterocycles. The largest absolute Gasteiger partial charge is 0.492 e. The monoisotopic (exact) mass is 324 g/mol. The van der Waals surface area contributed by atoms with Gasteiger partial charge in [-0.05, 0) is 18.2 Å². The predicted octanol–water partition coefficient (Wildman–Crippen LogP) is 1.82. The van der Waals surface area contributed by atoms with Gasteiger partial charge in [0.2, 0.25) is 5.84 Å². The molecule has 0 spiro atoms. The smallest absolute Gasteiger partial charge is 0.206 e. The Morgan fingerprint density at radius 1 is 1.53 bits per heavy atom. The third kappa shape index (κ3) is 3.47. The number of imidazole rings is 1. The fourth-order valence-corrected chi connectivity index (χ4v) is 1.96. The molecule has 0 aliphatic rings. The van der Waals surface area contributed by atoms with Gasteiger partial charge in [-0.1, -0.05) is 27.2 Å². The van der Waals surface area contributed by atoms with Gasteiger partial charge in [0.05, 0.1) is 6.54 Å². The number of benzene rings is 1. The number of oxime groups is 1. The number of hydrogen-bond donors (Lipinski definition) is 2. The molecule has 19 heavy (non-hydrogen) atoms. The quantitative estimate of drug-likeness (QED) is 0.380. The molecule has 2 rings (SSSR count). The molecule has 0 bridgehead atoms. The molecule has 0 saturated heterocycles. The maximum Gasteiger partial charge on any atom is 0.206 e. The lowest BCUT2D eigenvalue weighted by Gasteiger charge is -2.09. The van der Waals surface area contributed by atoms with Crippen LogP contribution >= 0.6 is 15.9 Å². The summed E-state index contributed by atoms with van der Waals surface area (Å²) in [6.45, 7) is 1.01. The summed E-state index contributed by atoms with van der Waals surface area (Å²) in [5, 5.41) is 11.6. The van der Waals surface area contributed by atoms with Gasteiger partial charge < -0.3 is 20.2 Å². The van der Waals surface area contributed by atoms with E-state index in [0.29, 0.717) is 19.0 Å². The average molecular weight is 325 g/mol. The van der Waals surface area contributed by atoms with Crippen LogP contribution in [0.5, 0.6) is 5.75 Å². The van der Waals surface area contributed by atoms with Crippen LogP contribution in [0.1, 0.15) is 5.82 Å². The first-order chi connectivity index (χ1) is 9.20. The molecule has 2 aromatic rings. The van der Waals surface area contributed by atoms with Crippen LogP contribution in [0.3, 0.4) is 0 Å². The number of ether oxygens (including phenoxy) is 1. The van der Waals surface area contributed by atoms with Crippen LogP contribution in [0.25, 0.3) is 0 Å². The molecule has 0 radical (unpaired) electrons. The maximum absolute atomic E-state index is 8.64. The zero-order valence-corrected chi connectivity index (χ0v) is 11.6. The summed E-state index contributed by atoms with van der Waals surface area (Å²) in [5.74, 6) is 1.17. The van der Waals surface area contributed by atoms with Gasteiger partial charge in [0, 0.05) is 16.9 Å². The summed E-state index contributed by atoms with van der Waals surface area (Å²) in [6.07, 6.45) is 3.34. The van der Waals surface area contributed by atoms with Crippen LogP contribution in [0.4, 0.5) is 0 Å². The van der Waals surface area contributed by atoms with Crippen molar-refractivity contribution in [2.45, 2.75) is 6.54 Å². The summed E-state index contributed by atoms with van der Waals surface area (Å²) in [7, 11) is 0. The SMILES string of the molecule is NC(=NO)c1nccn1CCOc1cccc(Br)c1. The Morgan fingerprint density at radius 2 is 2.37 bits per heavy atom. The van der Waals surface area contributed by atoms with Crippen LogP contribution in [0.2, 0.25) is 0 Å². The topological polar surface area (TPSA) is 85.7 Å². The second-order valence-electron chi connectivity index (χ2n) is 3.74. The summed E-state index contributed by atoms with van der Waals surface area (Å²) in [5.41, 5.74) is 5.51. The van der Waals surface area contributed by atoms with Gasteiger partial charge in [0.1, 0.15) is 12.4 Å². The molecule has 6 nitrogen and oxygen atoms in total. The number of aromatic nitrogens is 2. The number of amidine groups is 1. The van der Waals surface area contributed by atoms with E-state index < -0.39 is 0 Å². The van der Waals surface area contributed by atoms with Crippen molar-refractivity contribution in [2.75, 3.05) is 6.61 Å². The zero-order valence-electron chi connectivity index (χ0n) is 10.0. The van der Waals surface area contributed by atoms with E-state index in [9.17, 15) is 0 Å². The van der Waals surface area contributed by atoms with Gasteiger partial charge in [0.25, 0.3) is 0 Å². The van der Waals surface area contributed by atoms with E-state index in [-0.39, 0.29) is 5.84 Å². The standard InChI is InChI=1S/C12H13BrN4O2/c13-9-2-1-3-10(8-9)19-7-6-17-5-4-15-12(17)11(14)16-18/h1-5,8,18H,6-7H2,(H2,14,16). The molecule has 100 valence electrons. The Kier molecular flexibility index (Phi) is 4.40. The molecular formula is C12H13BrN4O2. The Labute approximate surface area is 118 Å². The summed E-state index contributed by atoms with van der Waals surface area (Å²) >= 11 is 3.38. The number of nitrogens with zero attached hydrogens (tertiary/aromatic N) is 3. The minimum atomic E-state index is -0.0209. The van der Waals surface area contributed by atoms with Crippen molar-refractivity contribution < 1.29 is 9.94 Å². The highest BCUT2D eigenvalue weighted by Gasteiger charge is 2.07. The van der Waals surface area contributed by atoms with E-state index in [1.165, 1.54) is 0 Å². The maximum atomic E-state index is 8.64. The van der Waals surface area contributed by atoms with Crippen molar-refractivity contribution in [3.63, 3.8) is 0 Å². The summed E-state index contributed by atoms with van der Waals surface area (Å²) in [4.78, 5) is 4.01. The van der Waals surface area contributed by atoms with Gasteiger partial charge in [-0.15, -0.1) is 0 Å². The van der Waals surface area contributed by atoms with E-state index >= 15 is 0 Å². The van der Waals surface area contributed by atoms with Gasteiger partial charge in [0.15, 0.2) is 5.82 Å². The normalized spacial score (nSPS) is 11.5. The molecular weight excluding hydrogens is 312 g/mol. The van der Waals surface area contributed by atoms with Crippen molar-refractivity contribution in [1.82, 2.24) is 9.55 Å². The predicted molar refractivity (Wildman–Crippen MR) is 74.4 cm³/mol. The number of rotatable bonds is 5. The second kappa shape index (κ2) is 6.24. The van der Waals surface area contributed by atoms with Gasteiger partial charge in [-0.3, -0.25) is 0 Å². The molecule has 0 fully saturated rings. The van der Waals surface area contributed by atoms with Crippen LogP contribution in [0.15, 0.2) is 46.3 Å². The first kappa shape index (κ1) is 13.4. The Hall–Kier alpha value is -2.02. The molecule has 7 heteroatoms. The molecule has 0 aliphatic heterocycles. The van der Waals surface area contributed by atoms with Crippen LogP contribution in [-0.4, -0.2) is 27.2 Å². The van der Waals surface area contributed by atoms with E-state index in [1.54, 1.807) is 17.0 Å². The molecule has 0 amide bonds. The van der Waals surface area contributed by atoms with Gasteiger partial charge >= 0.3 is 0 Å². The Balaban J connectivity index is 1.95. The van der Waals surface area contributed by atoms with Crippen LogP contribution < -0.4 is 10.5 Å². The van der Waals surface area contributed by atoms with Crippen molar-refractivity contribution >= 4 is 21.8 Å². The van der Waals surface area contributed by atoms with Crippen molar-refractivity contribution in [1.29, 1.82) is 0 Å². The molecule has 3 N–H and O–H groups in total. The molecule has 1 aromatic carbocycles. The fraction of sp³-hybridized carbons (Fsp3) is 0.167. The zero-order chi connectivity index (χ0) is 13.7. The fourth-order valence-electron chi connectivity index (χ4n) is 1.59. The molecule has 0 atom stereocenters. The number of halogens is 1. The van der Waals surface area contributed by atoms with Crippen molar-refractivity contribution in [3.8, 4) is 5.75 Å². The lowest BCUT2D eigenvalue weighted by atomic mass is 10.3. The Morgan fingerprint density at radius 3 is 3.11 bits per heavy atom. The number of hydrogen-bond acceptors (Lipinski definition) is 4.